The molecule has 0 saturated heterocycles. The van der Waals surface area contributed by atoms with Crippen LogP contribution in [0.3, 0.4) is 0 Å². The number of ketones is 1. The lowest BCUT2D eigenvalue weighted by atomic mass is 9.95. The Bertz CT molecular complexity index is 461. The Kier molecular flexibility index (Phi) is 1.64. The van der Waals surface area contributed by atoms with Gasteiger partial charge in [-0.3, -0.25) is 4.79 Å². The zero-order valence-electron chi connectivity index (χ0n) is 7.36. The van der Waals surface area contributed by atoms with Gasteiger partial charge in [0.1, 0.15) is 0 Å². The molecule has 1 nitrogen and oxygen atoms in total. The molecule has 0 aromatic rings. The van der Waals surface area contributed by atoms with Crippen molar-refractivity contribution in [2.24, 2.45) is 0 Å². The van der Waals surface area contributed by atoms with Crippen LogP contribution >= 0.6 is 11.8 Å². The van der Waals surface area contributed by atoms with E-state index in [1.807, 2.05) is 24.3 Å². The lowest BCUT2D eigenvalue weighted by molar-refractivity contribution is -0.111. The summed E-state index contributed by atoms with van der Waals surface area (Å²) in [5.74, 6) is 0.115. The molecule has 0 N–H and O–H groups in total. The lowest BCUT2D eigenvalue weighted by Gasteiger charge is -2.07. The molecule has 0 fully saturated rings. The molecule has 3 rings (SSSR count). The summed E-state index contributed by atoms with van der Waals surface area (Å²) in [5, 5.41) is 0.296. The Morgan fingerprint density at radius 2 is 2.29 bits per heavy atom. The maximum Gasteiger partial charge on any atom is 0.187 e. The summed E-state index contributed by atoms with van der Waals surface area (Å²) >= 11 is 1.73. The van der Waals surface area contributed by atoms with E-state index < -0.39 is 0 Å². The van der Waals surface area contributed by atoms with Gasteiger partial charge < -0.3 is 0 Å². The third-order valence-corrected chi connectivity index (χ3v) is 3.66. The maximum atomic E-state index is 11.7. The molecule has 0 amide bonds. The highest BCUT2D eigenvalue weighted by Gasteiger charge is 2.32. The molecule has 1 unspecified atom stereocenters. The van der Waals surface area contributed by atoms with E-state index in [2.05, 4.69) is 12.2 Å². The number of allylic oxidation sites excluding steroid dienone is 7. The lowest BCUT2D eigenvalue weighted by Crippen LogP contribution is -2.05. The smallest absolute Gasteiger partial charge is 0.187 e. The Morgan fingerprint density at radius 3 is 3.21 bits per heavy atom. The zero-order valence-corrected chi connectivity index (χ0v) is 8.17. The van der Waals surface area contributed by atoms with Gasteiger partial charge in [0.25, 0.3) is 0 Å². The maximum absolute atomic E-state index is 11.7. The van der Waals surface area contributed by atoms with Crippen molar-refractivity contribution in [3.05, 3.63) is 58.6 Å². The van der Waals surface area contributed by atoms with E-state index >= 15 is 0 Å². The number of fused-ring (bicyclic) bond motifs is 2. The largest absolute Gasteiger partial charge is 0.289 e. The molecule has 14 heavy (non-hydrogen) atoms. The summed E-state index contributed by atoms with van der Waals surface area (Å²) in [5.41, 5.74) is 1.89. The molecule has 1 aliphatic heterocycles. The SMILES string of the molecule is O=C1C=CC=C2SC3C=CC=[C]C3=C12. The summed E-state index contributed by atoms with van der Waals surface area (Å²) in [4.78, 5) is 12.7. The minimum Gasteiger partial charge on any atom is -0.289 e. The normalized spacial score (nSPS) is 27.9. The summed E-state index contributed by atoms with van der Waals surface area (Å²) in [6.45, 7) is 0. The zero-order chi connectivity index (χ0) is 9.54. The molecule has 2 aliphatic carbocycles. The van der Waals surface area contributed by atoms with Gasteiger partial charge in [0, 0.05) is 10.5 Å². The van der Waals surface area contributed by atoms with Crippen LogP contribution in [0, 0.1) is 6.08 Å². The van der Waals surface area contributed by atoms with Crippen molar-refractivity contribution in [3.8, 4) is 0 Å². The van der Waals surface area contributed by atoms with Crippen LogP contribution in [0.5, 0.6) is 0 Å². The fourth-order valence-electron chi connectivity index (χ4n) is 1.80. The van der Waals surface area contributed by atoms with Crippen molar-refractivity contribution < 1.29 is 4.79 Å². The first-order valence-electron chi connectivity index (χ1n) is 4.47. The molecule has 0 saturated carbocycles. The van der Waals surface area contributed by atoms with Crippen LogP contribution in [0.2, 0.25) is 0 Å². The first-order chi connectivity index (χ1) is 6.86. The Morgan fingerprint density at radius 1 is 1.36 bits per heavy atom. The molecule has 3 aliphatic rings. The topological polar surface area (TPSA) is 17.1 Å². The van der Waals surface area contributed by atoms with Gasteiger partial charge in [-0.15, -0.1) is 11.8 Å². The van der Waals surface area contributed by atoms with Gasteiger partial charge in [-0.05, 0) is 23.8 Å². The highest BCUT2D eigenvalue weighted by molar-refractivity contribution is 8.04. The van der Waals surface area contributed by atoms with Crippen LogP contribution in [-0.2, 0) is 4.79 Å². The monoisotopic (exact) mass is 199 g/mol. The molecular formula is C12H7OS. The highest BCUT2D eigenvalue weighted by Crippen LogP contribution is 2.45. The summed E-state index contributed by atoms with van der Waals surface area (Å²) < 4.78 is 0. The number of carbonyl (C=O) groups excluding carboxylic acids is 1. The molecule has 1 radical (unpaired) electrons. The second kappa shape index (κ2) is 2.85. The number of hydrogen-bond acceptors (Lipinski definition) is 2. The first kappa shape index (κ1) is 8.06. The highest BCUT2D eigenvalue weighted by atomic mass is 32.2. The molecule has 67 valence electrons. The van der Waals surface area contributed by atoms with Crippen molar-refractivity contribution in [1.82, 2.24) is 0 Å². The van der Waals surface area contributed by atoms with Crippen LogP contribution in [0.15, 0.2) is 52.5 Å². The van der Waals surface area contributed by atoms with Crippen LogP contribution in [0.25, 0.3) is 0 Å². The predicted octanol–water partition coefficient (Wildman–Crippen LogP) is 2.35. The minimum atomic E-state index is 0.115. The van der Waals surface area contributed by atoms with Gasteiger partial charge in [0.15, 0.2) is 5.78 Å². The van der Waals surface area contributed by atoms with Crippen LogP contribution in [0.1, 0.15) is 0 Å². The number of hydrogen-bond donors (Lipinski definition) is 0. The van der Waals surface area contributed by atoms with Crippen LogP contribution in [0.4, 0.5) is 0 Å². The molecule has 0 aromatic heterocycles. The van der Waals surface area contributed by atoms with E-state index in [1.54, 1.807) is 17.8 Å². The van der Waals surface area contributed by atoms with E-state index in [0.717, 1.165) is 16.1 Å². The molecule has 2 heteroatoms. The quantitative estimate of drug-likeness (QED) is 0.595. The van der Waals surface area contributed by atoms with E-state index in [1.165, 1.54) is 0 Å². The second-order valence-electron chi connectivity index (χ2n) is 3.28. The Hall–Kier alpha value is -1.28. The summed E-state index contributed by atoms with van der Waals surface area (Å²) in [6, 6.07) is 0. The fraction of sp³-hybridized carbons (Fsp3) is 0.0833. The second-order valence-corrected chi connectivity index (χ2v) is 4.46. The van der Waals surface area contributed by atoms with Crippen molar-refractivity contribution in [1.29, 1.82) is 0 Å². The number of rotatable bonds is 0. The fourth-order valence-corrected chi connectivity index (χ4v) is 3.03. The van der Waals surface area contributed by atoms with Crippen molar-refractivity contribution in [2.75, 3.05) is 0 Å². The van der Waals surface area contributed by atoms with Gasteiger partial charge in [-0.25, -0.2) is 0 Å². The molecule has 0 bridgehead atoms. The van der Waals surface area contributed by atoms with E-state index in [0.29, 0.717) is 5.25 Å². The Balaban J connectivity index is 2.20. The molecule has 0 spiro atoms. The average Bonchev–Trinajstić information content (AvgIpc) is 2.57. The molecule has 1 atom stereocenters. The van der Waals surface area contributed by atoms with E-state index in [4.69, 9.17) is 0 Å². The Labute approximate surface area is 86.6 Å². The van der Waals surface area contributed by atoms with Crippen molar-refractivity contribution >= 4 is 17.5 Å². The summed E-state index contributed by atoms with van der Waals surface area (Å²) in [7, 11) is 0. The first-order valence-corrected chi connectivity index (χ1v) is 5.34. The van der Waals surface area contributed by atoms with Crippen LogP contribution < -0.4 is 0 Å². The minimum absolute atomic E-state index is 0.115. The molecular weight excluding hydrogens is 192 g/mol. The van der Waals surface area contributed by atoms with Crippen molar-refractivity contribution in [3.63, 3.8) is 0 Å². The van der Waals surface area contributed by atoms with Gasteiger partial charge in [0.2, 0.25) is 0 Å². The van der Waals surface area contributed by atoms with Gasteiger partial charge in [-0.2, -0.15) is 0 Å². The summed E-state index contributed by atoms with van der Waals surface area (Å²) in [6.07, 6.45) is 14.6. The predicted molar refractivity (Wildman–Crippen MR) is 57.6 cm³/mol. The molecule has 1 heterocycles. The molecule has 0 aromatic carbocycles. The van der Waals surface area contributed by atoms with Gasteiger partial charge in [-0.1, -0.05) is 24.3 Å². The van der Waals surface area contributed by atoms with Crippen molar-refractivity contribution in [2.45, 2.75) is 5.25 Å². The number of carbonyl (C=O) groups is 1. The standard InChI is InChI=1S/C12H7OS/c13-9-5-3-7-11-12(9)8-4-1-2-6-10(8)14-11/h1-3,5-7,10H. The van der Waals surface area contributed by atoms with E-state index in [9.17, 15) is 4.79 Å². The third kappa shape index (κ3) is 1.01. The van der Waals surface area contributed by atoms with Crippen LogP contribution in [-0.4, -0.2) is 11.0 Å². The number of thioether (sulfide) groups is 1. The van der Waals surface area contributed by atoms with Gasteiger partial charge in [0.05, 0.1) is 5.25 Å². The van der Waals surface area contributed by atoms with Gasteiger partial charge >= 0.3 is 0 Å². The average molecular weight is 199 g/mol. The van der Waals surface area contributed by atoms with E-state index in [-0.39, 0.29) is 5.78 Å². The third-order valence-electron chi connectivity index (χ3n) is 2.42.